The number of nitrogens with one attached hydrogen (secondary N) is 2. The summed E-state index contributed by atoms with van der Waals surface area (Å²) in [5.74, 6) is -0.714. The van der Waals surface area contributed by atoms with Gasteiger partial charge in [0.25, 0.3) is 17.1 Å². The van der Waals surface area contributed by atoms with Crippen molar-refractivity contribution in [1.29, 1.82) is 0 Å². The molecule has 0 saturated carbocycles. The van der Waals surface area contributed by atoms with Gasteiger partial charge in [-0.1, -0.05) is 24.3 Å². The Balaban J connectivity index is 1.39. The lowest BCUT2D eigenvalue weighted by atomic mass is 10.1. The molecule has 3 aromatic rings. The van der Waals surface area contributed by atoms with Gasteiger partial charge in [0.1, 0.15) is 6.54 Å². The van der Waals surface area contributed by atoms with Crippen LogP contribution in [0.15, 0.2) is 70.0 Å². The number of carbonyl (C=O) groups is 4. The second-order valence-electron chi connectivity index (χ2n) is 8.85. The first kappa shape index (κ1) is 28.9. The van der Waals surface area contributed by atoms with E-state index in [4.69, 9.17) is 9.47 Å². The summed E-state index contributed by atoms with van der Waals surface area (Å²) in [7, 11) is 1.46. The van der Waals surface area contributed by atoms with Crippen LogP contribution in [-0.2, 0) is 14.4 Å². The summed E-state index contributed by atoms with van der Waals surface area (Å²) in [6, 6.07) is 17.5. The standard InChI is InChI=1S/C29H26BrN3O6S/c1-17-11-21(30)22(12-18(17)2)32-27(35)16-39-23-10-9-19(13-24(23)38-3)14-25-28(36)33(29(37)40-25)15-26(34)31-20-7-5-4-6-8-20/h4-14H,15-16H2,1-3H3,(H,31,34)(H,32,35)/b25-14+. The molecule has 1 aliphatic rings. The topological polar surface area (TPSA) is 114 Å². The normalized spacial score (nSPS) is 13.9. The van der Waals surface area contributed by atoms with E-state index in [2.05, 4.69) is 26.6 Å². The summed E-state index contributed by atoms with van der Waals surface area (Å²) in [5, 5.41) is 4.95. The third-order valence-corrected chi connectivity index (χ3v) is 7.50. The van der Waals surface area contributed by atoms with Gasteiger partial charge in [-0.05, 0) is 101 Å². The zero-order valence-corrected chi connectivity index (χ0v) is 24.4. The summed E-state index contributed by atoms with van der Waals surface area (Å²) >= 11 is 4.21. The number of amides is 4. The number of aryl methyl sites for hydroxylation is 2. The van der Waals surface area contributed by atoms with Gasteiger partial charge >= 0.3 is 0 Å². The van der Waals surface area contributed by atoms with Crippen LogP contribution in [0.2, 0.25) is 0 Å². The summed E-state index contributed by atoms with van der Waals surface area (Å²) in [6.07, 6.45) is 1.54. The molecule has 0 aliphatic carbocycles. The number of methoxy groups -OCH3 is 1. The van der Waals surface area contributed by atoms with Gasteiger partial charge in [0.05, 0.1) is 17.7 Å². The molecule has 0 bridgehead atoms. The number of rotatable bonds is 9. The number of hydrogen-bond acceptors (Lipinski definition) is 7. The SMILES string of the molecule is COc1cc(/C=C2/SC(=O)N(CC(=O)Nc3ccccc3)C2=O)ccc1OCC(=O)Nc1cc(C)c(C)cc1Br. The molecule has 9 nitrogen and oxygen atoms in total. The molecule has 4 rings (SSSR count). The lowest BCUT2D eigenvalue weighted by Crippen LogP contribution is -2.36. The molecule has 1 aliphatic heterocycles. The lowest BCUT2D eigenvalue weighted by molar-refractivity contribution is -0.127. The van der Waals surface area contributed by atoms with Crippen molar-refractivity contribution >= 4 is 68.1 Å². The predicted molar refractivity (Wildman–Crippen MR) is 158 cm³/mol. The van der Waals surface area contributed by atoms with Crippen molar-refractivity contribution in [3.63, 3.8) is 0 Å². The van der Waals surface area contributed by atoms with Crippen molar-refractivity contribution in [1.82, 2.24) is 4.90 Å². The van der Waals surface area contributed by atoms with Crippen molar-refractivity contribution < 1.29 is 28.7 Å². The quantitative estimate of drug-likeness (QED) is 0.291. The van der Waals surface area contributed by atoms with Crippen LogP contribution in [0.1, 0.15) is 16.7 Å². The van der Waals surface area contributed by atoms with Crippen LogP contribution in [0, 0.1) is 13.8 Å². The highest BCUT2D eigenvalue weighted by molar-refractivity contribution is 9.10. The smallest absolute Gasteiger partial charge is 0.294 e. The first-order valence-electron chi connectivity index (χ1n) is 12.1. The molecule has 40 heavy (non-hydrogen) atoms. The van der Waals surface area contributed by atoms with E-state index in [-0.39, 0.29) is 17.4 Å². The number of halogens is 1. The zero-order chi connectivity index (χ0) is 28.8. The molecule has 0 atom stereocenters. The van der Waals surface area contributed by atoms with Crippen molar-refractivity contribution in [2.24, 2.45) is 0 Å². The fourth-order valence-corrected chi connectivity index (χ4v) is 5.15. The summed E-state index contributed by atoms with van der Waals surface area (Å²) in [6.45, 7) is 3.30. The molecule has 0 aromatic heterocycles. The van der Waals surface area contributed by atoms with E-state index in [1.54, 1.807) is 42.5 Å². The Morgan fingerprint density at radius 1 is 0.950 bits per heavy atom. The number of anilines is 2. The highest BCUT2D eigenvalue weighted by atomic mass is 79.9. The summed E-state index contributed by atoms with van der Waals surface area (Å²) in [5.41, 5.74) is 3.94. The van der Waals surface area contributed by atoms with E-state index < -0.39 is 23.6 Å². The van der Waals surface area contributed by atoms with E-state index >= 15 is 0 Å². The number of para-hydroxylation sites is 1. The van der Waals surface area contributed by atoms with E-state index in [9.17, 15) is 19.2 Å². The van der Waals surface area contributed by atoms with Gasteiger partial charge in [0.15, 0.2) is 18.1 Å². The first-order chi connectivity index (χ1) is 19.1. The highest BCUT2D eigenvalue weighted by Gasteiger charge is 2.36. The molecule has 1 saturated heterocycles. The maximum absolute atomic E-state index is 12.9. The minimum absolute atomic E-state index is 0.173. The molecule has 0 spiro atoms. The molecular formula is C29H26BrN3O6S. The number of carbonyl (C=O) groups excluding carboxylic acids is 4. The maximum Gasteiger partial charge on any atom is 0.294 e. The van der Waals surface area contributed by atoms with Crippen molar-refractivity contribution in [2.75, 3.05) is 30.9 Å². The fourth-order valence-electron chi connectivity index (χ4n) is 3.75. The molecule has 0 unspecified atom stereocenters. The maximum atomic E-state index is 12.9. The Hall–Kier alpha value is -4.09. The van der Waals surface area contributed by atoms with Gasteiger partial charge in [-0.15, -0.1) is 0 Å². The largest absolute Gasteiger partial charge is 0.493 e. The van der Waals surface area contributed by atoms with E-state index in [0.717, 1.165) is 32.3 Å². The third kappa shape index (κ3) is 7.10. The average Bonchev–Trinajstić information content (AvgIpc) is 3.18. The molecular weight excluding hydrogens is 598 g/mol. The minimum atomic E-state index is -0.563. The monoisotopic (exact) mass is 623 g/mol. The van der Waals surface area contributed by atoms with Crippen LogP contribution in [-0.4, -0.2) is 48.1 Å². The molecule has 0 radical (unpaired) electrons. The Kier molecular flexibility index (Phi) is 9.28. The van der Waals surface area contributed by atoms with Crippen LogP contribution in [0.3, 0.4) is 0 Å². The number of nitrogens with zero attached hydrogens (tertiary/aromatic N) is 1. The molecule has 1 heterocycles. The van der Waals surface area contributed by atoms with Crippen LogP contribution < -0.4 is 20.1 Å². The summed E-state index contributed by atoms with van der Waals surface area (Å²) in [4.78, 5) is 51.2. The predicted octanol–water partition coefficient (Wildman–Crippen LogP) is 5.77. The van der Waals surface area contributed by atoms with Gasteiger partial charge < -0.3 is 20.1 Å². The van der Waals surface area contributed by atoms with Gasteiger partial charge in [-0.2, -0.15) is 0 Å². The van der Waals surface area contributed by atoms with Crippen LogP contribution in [0.4, 0.5) is 16.2 Å². The lowest BCUT2D eigenvalue weighted by Gasteiger charge is -2.13. The van der Waals surface area contributed by atoms with Crippen LogP contribution in [0.25, 0.3) is 6.08 Å². The molecule has 206 valence electrons. The Morgan fingerprint density at radius 2 is 1.68 bits per heavy atom. The molecule has 4 amide bonds. The number of hydrogen-bond donors (Lipinski definition) is 2. The van der Waals surface area contributed by atoms with E-state index in [1.807, 2.05) is 32.0 Å². The molecule has 2 N–H and O–H groups in total. The van der Waals surface area contributed by atoms with E-state index in [1.165, 1.54) is 13.2 Å². The van der Waals surface area contributed by atoms with Crippen LogP contribution >= 0.6 is 27.7 Å². The number of ether oxygens (including phenoxy) is 2. The Morgan fingerprint density at radius 3 is 2.40 bits per heavy atom. The molecule has 1 fully saturated rings. The van der Waals surface area contributed by atoms with Crippen LogP contribution in [0.5, 0.6) is 11.5 Å². The van der Waals surface area contributed by atoms with E-state index in [0.29, 0.717) is 28.4 Å². The summed E-state index contributed by atoms with van der Waals surface area (Å²) < 4.78 is 11.9. The van der Waals surface area contributed by atoms with Gasteiger partial charge in [-0.25, -0.2) is 0 Å². The molecule has 11 heteroatoms. The highest BCUT2D eigenvalue weighted by Crippen LogP contribution is 2.34. The second kappa shape index (κ2) is 12.8. The number of benzene rings is 3. The minimum Gasteiger partial charge on any atom is -0.493 e. The number of imide groups is 1. The van der Waals surface area contributed by atoms with Crippen molar-refractivity contribution in [3.8, 4) is 11.5 Å². The Labute approximate surface area is 244 Å². The van der Waals surface area contributed by atoms with Crippen molar-refractivity contribution in [2.45, 2.75) is 13.8 Å². The van der Waals surface area contributed by atoms with Gasteiger partial charge in [-0.3, -0.25) is 24.1 Å². The van der Waals surface area contributed by atoms with Gasteiger partial charge in [0, 0.05) is 10.2 Å². The first-order valence-corrected chi connectivity index (χ1v) is 13.7. The average molecular weight is 625 g/mol. The number of thioether (sulfide) groups is 1. The zero-order valence-electron chi connectivity index (χ0n) is 21.9. The van der Waals surface area contributed by atoms with Crippen molar-refractivity contribution in [3.05, 3.63) is 86.7 Å². The fraction of sp³-hybridized carbons (Fsp3) is 0.172. The second-order valence-corrected chi connectivity index (χ2v) is 10.7. The third-order valence-electron chi connectivity index (χ3n) is 5.93. The Bertz CT molecular complexity index is 1510. The van der Waals surface area contributed by atoms with Gasteiger partial charge in [0.2, 0.25) is 5.91 Å². The molecule has 3 aromatic carbocycles.